The molecule has 116 valence electrons. The molecule has 21 heavy (non-hydrogen) atoms. The molecule has 3 heterocycles. The van der Waals surface area contributed by atoms with Crippen molar-refractivity contribution < 1.29 is 0 Å². The van der Waals surface area contributed by atoms with Gasteiger partial charge in [0, 0.05) is 25.2 Å². The SMILES string of the molecule is S=c1[nH]nc(N2CCC(N3CCCC3)C2)n1C1CCCC1. The summed E-state index contributed by atoms with van der Waals surface area (Å²) in [6.07, 6.45) is 9.17. The summed E-state index contributed by atoms with van der Waals surface area (Å²) in [6.45, 7) is 4.81. The monoisotopic (exact) mass is 307 g/mol. The van der Waals surface area contributed by atoms with Crippen LogP contribution in [0.5, 0.6) is 0 Å². The molecule has 2 aliphatic heterocycles. The maximum Gasteiger partial charge on any atom is 0.226 e. The van der Waals surface area contributed by atoms with Gasteiger partial charge in [-0.05, 0) is 57.4 Å². The largest absolute Gasteiger partial charge is 0.339 e. The van der Waals surface area contributed by atoms with E-state index in [-0.39, 0.29) is 0 Å². The van der Waals surface area contributed by atoms with Crippen LogP contribution in [0.4, 0.5) is 5.95 Å². The molecule has 4 rings (SSSR count). The lowest BCUT2D eigenvalue weighted by Gasteiger charge is -2.25. The molecule has 2 saturated heterocycles. The summed E-state index contributed by atoms with van der Waals surface area (Å²) in [4.78, 5) is 5.12. The molecule has 5 nitrogen and oxygen atoms in total. The molecule has 6 heteroatoms. The number of hydrogen-bond donors (Lipinski definition) is 1. The molecule has 1 aliphatic carbocycles. The Labute approximate surface area is 131 Å². The van der Waals surface area contributed by atoms with Crippen molar-refractivity contribution in [3.05, 3.63) is 4.77 Å². The van der Waals surface area contributed by atoms with Crippen molar-refractivity contribution in [1.82, 2.24) is 19.7 Å². The van der Waals surface area contributed by atoms with Gasteiger partial charge < -0.3 is 4.90 Å². The van der Waals surface area contributed by atoms with Crippen LogP contribution in [0.15, 0.2) is 0 Å². The summed E-state index contributed by atoms with van der Waals surface area (Å²) in [7, 11) is 0. The van der Waals surface area contributed by atoms with Gasteiger partial charge in [0.2, 0.25) is 5.95 Å². The van der Waals surface area contributed by atoms with E-state index in [4.69, 9.17) is 12.2 Å². The fourth-order valence-electron chi connectivity index (χ4n) is 4.34. The van der Waals surface area contributed by atoms with E-state index < -0.39 is 0 Å². The molecule has 1 aromatic rings. The molecule has 1 aromatic heterocycles. The molecule has 1 atom stereocenters. The Bertz CT molecular complexity index is 539. The number of likely N-dealkylation sites (tertiary alicyclic amines) is 1. The van der Waals surface area contributed by atoms with Crippen LogP contribution in [-0.4, -0.2) is 51.9 Å². The molecule has 0 aromatic carbocycles. The maximum absolute atomic E-state index is 5.49. The Morgan fingerprint density at radius 1 is 0.952 bits per heavy atom. The second kappa shape index (κ2) is 5.72. The zero-order valence-corrected chi connectivity index (χ0v) is 13.4. The number of nitrogens with one attached hydrogen (secondary N) is 1. The maximum atomic E-state index is 5.49. The fraction of sp³-hybridized carbons (Fsp3) is 0.867. The topological polar surface area (TPSA) is 40.1 Å². The third kappa shape index (κ3) is 2.52. The molecular formula is C15H25N5S. The van der Waals surface area contributed by atoms with Crippen molar-refractivity contribution in [3.8, 4) is 0 Å². The Kier molecular flexibility index (Phi) is 3.75. The Hall–Kier alpha value is -0.880. The van der Waals surface area contributed by atoms with Crippen molar-refractivity contribution in [3.63, 3.8) is 0 Å². The lowest BCUT2D eigenvalue weighted by Crippen LogP contribution is -2.36. The summed E-state index contributed by atoms with van der Waals surface area (Å²) in [5.74, 6) is 1.09. The third-order valence-corrected chi connectivity index (χ3v) is 5.77. The lowest BCUT2D eigenvalue weighted by molar-refractivity contribution is 0.260. The highest BCUT2D eigenvalue weighted by Crippen LogP contribution is 2.34. The summed E-state index contributed by atoms with van der Waals surface area (Å²) >= 11 is 5.49. The van der Waals surface area contributed by atoms with E-state index in [9.17, 15) is 0 Å². The molecule has 0 spiro atoms. The van der Waals surface area contributed by atoms with Gasteiger partial charge >= 0.3 is 0 Å². The van der Waals surface area contributed by atoms with E-state index in [1.165, 1.54) is 58.0 Å². The van der Waals surface area contributed by atoms with Gasteiger partial charge in [0.1, 0.15) is 0 Å². The molecule has 3 aliphatic rings. The van der Waals surface area contributed by atoms with E-state index in [0.29, 0.717) is 6.04 Å². The number of rotatable bonds is 3. The van der Waals surface area contributed by atoms with E-state index in [1.54, 1.807) is 0 Å². The van der Waals surface area contributed by atoms with Crippen molar-refractivity contribution >= 4 is 18.2 Å². The van der Waals surface area contributed by atoms with Crippen LogP contribution < -0.4 is 4.90 Å². The van der Waals surface area contributed by atoms with Crippen LogP contribution in [0.2, 0.25) is 0 Å². The van der Waals surface area contributed by atoms with Crippen LogP contribution in [0.3, 0.4) is 0 Å². The highest BCUT2D eigenvalue weighted by molar-refractivity contribution is 7.71. The number of aromatic nitrogens is 3. The Morgan fingerprint density at radius 2 is 1.71 bits per heavy atom. The highest BCUT2D eigenvalue weighted by atomic mass is 32.1. The number of anilines is 1. The Balaban J connectivity index is 1.53. The highest BCUT2D eigenvalue weighted by Gasteiger charge is 2.32. The van der Waals surface area contributed by atoms with Gasteiger partial charge in [0.05, 0.1) is 0 Å². The second-order valence-electron chi connectivity index (χ2n) is 6.77. The minimum atomic E-state index is 0.567. The van der Waals surface area contributed by atoms with Gasteiger partial charge in [-0.1, -0.05) is 12.8 Å². The predicted molar refractivity (Wildman–Crippen MR) is 86.3 cm³/mol. The van der Waals surface area contributed by atoms with Gasteiger partial charge in [0.15, 0.2) is 4.77 Å². The normalized spacial score (nSPS) is 28.0. The van der Waals surface area contributed by atoms with Crippen LogP contribution in [-0.2, 0) is 0 Å². The van der Waals surface area contributed by atoms with Crippen LogP contribution in [0.1, 0.15) is 51.0 Å². The Morgan fingerprint density at radius 3 is 2.48 bits per heavy atom. The fourth-order valence-corrected chi connectivity index (χ4v) is 4.62. The van der Waals surface area contributed by atoms with E-state index >= 15 is 0 Å². The average Bonchev–Trinajstić information content (AvgIpc) is 3.26. The van der Waals surface area contributed by atoms with Gasteiger partial charge in [-0.25, -0.2) is 5.10 Å². The zero-order chi connectivity index (χ0) is 14.2. The van der Waals surface area contributed by atoms with Crippen LogP contribution >= 0.6 is 12.2 Å². The van der Waals surface area contributed by atoms with E-state index in [0.717, 1.165) is 29.9 Å². The van der Waals surface area contributed by atoms with Gasteiger partial charge in [-0.3, -0.25) is 9.47 Å². The van der Waals surface area contributed by atoms with Crippen molar-refractivity contribution in [2.24, 2.45) is 0 Å². The molecule has 1 N–H and O–H groups in total. The summed E-state index contributed by atoms with van der Waals surface area (Å²) in [6, 6.07) is 1.28. The van der Waals surface area contributed by atoms with E-state index in [2.05, 4.69) is 24.6 Å². The van der Waals surface area contributed by atoms with Crippen molar-refractivity contribution in [2.45, 2.75) is 57.0 Å². The summed E-state index contributed by atoms with van der Waals surface area (Å²) in [5, 5.41) is 7.59. The average molecular weight is 307 g/mol. The number of aromatic amines is 1. The molecule has 1 unspecified atom stereocenters. The number of hydrogen-bond acceptors (Lipinski definition) is 4. The lowest BCUT2D eigenvalue weighted by atomic mass is 10.2. The molecular weight excluding hydrogens is 282 g/mol. The molecule has 0 bridgehead atoms. The first-order chi connectivity index (χ1) is 10.3. The van der Waals surface area contributed by atoms with Gasteiger partial charge in [0.25, 0.3) is 0 Å². The quantitative estimate of drug-likeness (QED) is 0.872. The summed E-state index contributed by atoms with van der Waals surface area (Å²) < 4.78 is 3.11. The predicted octanol–water partition coefficient (Wildman–Crippen LogP) is 2.73. The minimum absolute atomic E-state index is 0.567. The molecule has 0 radical (unpaired) electrons. The minimum Gasteiger partial charge on any atom is -0.339 e. The standard InChI is InChI=1S/C15H25N5S/c21-15-17-16-14(20(15)12-5-1-2-6-12)19-10-7-13(11-19)18-8-3-4-9-18/h12-13H,1-11H2,(H,17,21). The zero-order valence-electron chi connectivity index (χ0n) is 12.6. The first kappa shape index (κ1) is 13.8. The number of H-pyrrole nitrogens is 1. The molecule has 1 saturated carbocycles. The van der Waals surface area contributed by atoms with Gasteiger partial charge in [-0.15, -0.1) is 5.10 Å². The molecule has 3 fully saturated rings. The first-order valence-corrected chi connectivity index (χ1v) is 8.89. The smallest absolute Gasteiger partial charge is 0.226 e. The molecule has 0 amide bonds. The second-order valence-corrected chi connectivity index (χ2v) is 7.16. The number of nitrogens with zero attached hydrogens (tertiary/aromatic N) is 4. The van der Waals surface area contributed by atoms with Gasteiger partial charge in [-0.2, -0.15) is 0 Å². The van der Waals surface area contributed by atoms with Crippen LogP contribution in [0.25, 0.3) is 0 Å². The van der Waals surface area contributed by atoms with Crippen molar-refractivity contribution in [2.75, 3.05) is 31.1 Å². The first-order valence-electron chi connectivity index (χ1n) is 8.49. The van der Waals surface area contributed by atoms with Crippen LogP contribution in [0, 0.1) is 4.77 Å². The van der Waals surface area contributed by atoms with E-state index in [1.807, 2.05) is 0 Å². The van der Waals surface area contributed by atoms with Crippen molar-refractivity contribution in [1.29, 1.82) is 0 Å². The summed E-state index contributed by atoms with van der Waals surface area (Å²) in [5.41, 5.74) is 0. The third-order valence-electron chi connectivity index (χ3n) is 5.48.